The van der Waals surface area contributed by atoms with Gasteiger partial charge in [-0.2, -0.15) is 11.8 Å². The van der Waals surface area contributed by atoms with E-state index in [0.717, 1.165) is 12.5 Å². The summed E-state index contributed by atoms with van der Waals surface area (Å²) in [4.78, 5) is 0. The van der Waals surface area contributed by atoms with Crippen molar-refractivity contribution in [3.8, 4) is 0 Å². The van der Waals surface area contributed by atoms with Crippen LogP contribution in [0.3, 0.4) is 0 Å². The lowest BCUT2D eigenvalue weighted by Crippen LogP contribution is -2.13. The van der Waals surface area contributed by atoms with E-state index in [4.69, 9.17) is 10.2 Å². The Morgan fingerprint density at radius 2 is 2.50 bits per heavy atom. The molecule has 1 aliphatic heterocycles. The summed E-state index contributed by atoms with van der Waals surface area (Å²) in [7, 11) is 0. The lowest BCUT2D eigenvalue weighted by Gasteiger charge is -2.06. The van der Waals surface area contributed by atoms with Gasteiger partial charge in [0.15, 0.2) is 0 Å². The summed E-state index contributed by atoms with van der Waals surface area (Å²) in [6, 6.07) is 0.488. The van der Waals surface area contributed by atoms with Gasteiger partial charge in [0.2, 0.25) is 5.89 Å². The molecule has 1 aromatic rings. The van der Waals surface area contributed by atoms with Crippen molar-refractivity contribution in [3.63, 3.8) is 0 Å². The van der Waals surface area contributed by atoms with Gasteiger partial charge < -0.3 is 15.5 Å². The molecule has 3 N–H and O–H groups in total. The number of aromatic nitrogens is 2. The SMILES string of the molecule is NCc1nnc(NCC2CCSC2)o1. The summed E-state index contributed by atoms with van der Waals surface area (Å²) >= 11 is 2.00. The van der Waals surface area contributed by atoms with Crippen LogP contribution in [0.1, 0.15) is 12.3 Å². The van der Waals surface area contributed by atoms with Crippen molar-refractivity contribution < 1.29 is 4.42 Å². The molecule has 1 fully saturated rings. The van der Waals surface area contributed by atoms with Crippen LogP contribution in [0.4, 0.5) is 6.01 Å². The molecule has 14 heavy (non-hydrogen) atoms. The van der Waals surface area contributed by atoms with Crippen molar-refractivity contribution in [1.82, 2.24) is 10.2 Å². The minimum atomic E-state index is 0.300. The van der Waals surface area contributed by atoms with Crippen molar-refractivity contribution in [2.75, 3.05) is 23.4 Å². The van der Waals surface area contributed by atoms with Gasteiger partial charge in [-0.1, -0.05) is 5.10 Å². The van der Waals surface area contributed by atoms with Crippen LogP contribution in [0.5, 0.6) is 0 Å². The van der Waals surface area contributed by atoms with Crippen molar-refractivity contribution in [1.29, 1.82) is 0 Å². The number of anilines is 1. The van der Waals surface area contributed by atoms with E-state index in [-0.39, 0.29) is 0 Å². The summed E-state index contributed by atoms with van der Waals surface area (Å²) in [5.74, 6) is 3.70. The fourth-order valence-corrected chi connectivity index (χ4v) is 2.67. The van der Waals surface area contributed by atoms with Gasteiger partial charge in [-0.15, -0.1) is 5.10 Å². The lowest BCUT2D eigenvalue weighted by atomic mass is 10.1. The van der Waals surface area contributed by atoms with Gasteiger partial charge in [-0.3, -0.25) is 0 Å². The molecule has 0 radical (unpaired) electrons. The predicted molar refractivity (Wildman–Crippen MR) is 56.1 cm³/mol. The van der Waals surface area contributed by atoms with Crippen molar-refractivity contribution in [3.05, 3.63) is 5.89 Å². The summed E-state index contributed by atoms with van der Waals surface area (Å²) in [6.07, 6.45) is 1.27. The molecule has 1 aliphatic rings. The standard InChI is InChI=1S/C8H14N4OS/c9-3-7-11-12-8(13-7)10-4-6-1-2-14-5-6/h6H,1-5,9H2,(H,10,12). The third kappa shape index (κ3) is 2.39. The zero-order chi connectivity index (χ0) is 9.80. The van der Waals surface area contributed by atoms with Gasteiger partial charge in [-0.25, -0.2) is 0 Å². The highest BCUT2D eigenvalue weighted by atomic mass is 32.2. The largest absolute Gasteiger partial charge is 0.407 e. The molecule has 2 rings (SSSR count). The third-order valence-corrected chi connectivity index (χ3v) is 3.44. The third-order valence-electron chi connectivity index (χ3n) is 2.21. The van der Waals surface area contributed by atoms with Crippen LogP contribution in [-0.4, -0.2) is 28.2 Å². The lowest BCUT2D eigenvalue weighted by molar-refractivity contribution is 0.501. The van der Waals surface area contributed by atoms with Gasteiger partial charge in [0.05, 0.1) is 6.54 Å². The predicted octanol–water partition coefficient (Wildman–Crippen LogP) is 0.693. The van der Waals surface area contributed by atoms with E-state index in [9.17, 15) is 0 Å². The smallest absolute Gasteiger partial charge is 0.315 e. The number of nitrogens with zero attached hydrogens (tertiary/aromatic N) is 2. The first-order chi connectivity index (χ1) is 6.88. The molecule has 0 amide bonds. The molecule has 6 heteroatoms. The van der Waals surface area contributed by atoms with Crippen LogP contribution in [-0.2, 0) is 6.54 Å². The zero-order valence-electron chi connectivity index (χ0n) is 7.90. The Morgan fingerprint density at radius 3 is 3.14 bits per heavy atom. The Labute approximate surface area is 86.8 Å². The Kier molecular flexibility index (Phi) is 3.26. The number of nitrogens with two attached hydrogens (primary N) is 1. The van der Waals surface area contributed by atoms with Crippen LogP contribution < -0.4 is 11.1 Å². The maximum absolute atomic E-state index is 5.35. The maximum atomic E-state index is 5.35. The van der Waals surface area contributed by atoms with Gasteiger partial charge >= 0.3 is 6.01 Å². The Hall–Kier alpha value is -0.750. The van der Waals surface area contributed by atoms with Crippen molar-refractivity contribution in [2.45, 2.75) is 13.0 Å². The first-order valence-electron chi connectivity index (χ1n) is 4.72. The number of hydrogen-bond donors (Lipinski definition) is 2. The molecule has 0 aromatic carbocycles. The topological polar surface area (TPSA) is 77.0 Å². The second-order valence-corrected chi connectivity index (χ2v) is 4.47. The Morgan fingerprint density at radius 1 is 1.57 bits per heavy atom. The Bertz CT molecular complexity index is 285. The van der Waals surface area contributed by atoms with Gasteiger partial charge in [0.25, 0.3) is 0 Å². The van der Waals surface area contributed by atoms with E-state index in [2.05, 4.69) is 15.5 Å². The van der Waals surface area contributed by atoms with Gasteiger partial charge in [0, 0.05) is 6.54 Å². The van der Waals surface area contributed by atoms with Gasteiger partial charge in [0.1, 0.15) is 0 Å². The molecule has 1 aromatic heterocycles. The molecule has 0 saturated carbocycles. The molecule has 1 saturated heterocycles. The maximum Gasteiger partial charge on any atom is 0.315 e. The average Bonchev–Trinajstić information content (AvgIpc) is 2.86. The van der Waals surface area contributed by atoms with Crippen molar-refractivity contribution >= 4 is 17.8 Å². The van der Waals surface area contributed by atoms with E-state index in [1.54, 1.807) is 0 Å². The molecule has 5 nitrogen and oxygen atoms in total. The van der Waals surface area contributed by atoms with Crippen LogP contribution in [0, 0.1) is 5.92 Å². The normalized spacial score (nSPS) is 21.4. The van der Waals surface area contributed by atoms with E-state index < -0.39 is 0 Å². The molecule has 1 unspecified atom stereocenters. The minimum Gasteiger partial charge on any atom is -0.407 e. The average molecular weight is 214 g/mol. The van der Waals surface area contributed by atoms with E-state index in [1.807, 2.05) is 11.8 Å². The number of thioether (sulfide) groups is 1. The van der Waals surface area contributed by atoms with Crippen molar-refractivity contribution in [2.24, 2.45) is 11.7 Å². The molecule has 0 bridgehead atoms. The van der Waals surface area contributed by atoms with E-state index in [1.165, 1.54) is 17.9 Å². The zero-order valence-corrected chi connectivity index (χ0v) is 8.72. The molecule has 2 heterocycles. The minimum absolute atomic E-state index is 0.300. The Balaban J connectivity index is 1.79. The van der Waals surface area contributed by atoms with E-state index >= 15 is 0 Å². The molecular formula is C8H14N4OS. The van der Waals surface area contributed by atoms with Crippen LogP contribution in [0.15, 0.2) is 4.42 Å². The monoisotopic (exact) mass is 214 g/mol. The fourth-order valence-electron chi connectivity index (χ4n) is 1.38. The summed E-state index contributed by atoms with van der Waals surface area (Å²) in [5.41, 5.74) is 5.35. The van der Waals surface area contributed by atoms with Gasteiger partial charge in [-0.05, 0) is 23.8 Å². The fraction of sp³-hybridized carbons (Fsp3) is 0.750. The number of nitrogens with one attached hydrogen (secondary N) is 1. The highest BCUT2D eigenvalue weighted by Gasteiger charge is 2.15. The second-order valence-electron chi connectivity index (χ2n) is 3.32. The highest BCUT2D eigenvalue weighted by molar-refractivity contribution is 7.99. The summed E-state index contributed by atoms with van der Waals surface area (Å²) in [6.45, 7) is 1.22. The summed E-state index contributed by atoms with van der Waals surface area (Å²) in [5, 5.41) is 10.7. The first-order valence-corrected chi connectivity index (χ1v) is 5.88. The molecule has 0 spiro atoms. The molecule has 78 valence electrons. The first kappa shape index (κ1) is 9.79. The van der Waals surface area contributed by atoms with Crippen LogP contribution in [0.2, 0.25) is 0 Å². The molecule has 0 aliphatic carbocycles. The quantitative estimate of drug-likeness (QED) is 0.768. The second kappa shape index (κ2) is 4.65. The van der Waals surface area contributed by atoms with Crippen LogP contribution in [0.25, 0.3) is 0 Å². The molecular weight excluding hydrogens is 200 g/mol. The highest BCUT2D eigenvalue weighted by Crippen LogP contribution is 2.23. The summed E-state index contributed by atoms with van der Waals surface area (Å²) < 4.78 is 5.23. The van der Waals surface area contributed by atoms with E-state index in [0.29, 0.717) is 18.5 Å². The number of rotatable bonds is 4. The van der Waals surface area contributed by atoms with Crippen LogP contribution >= 0.6 is 11.8 Å². The molecule has 1 atom stereocenters. The number of hydrogen-bond acceptors (Lipinski definition) is 6.